The van der Waals surface area contributed by atoms with Gasteiger partial charge in [-0.05, 0) is 51.1 Å². The number of nitrogens with zero attached hydrogens (tertiary/aromatic N) is 3. The summed E-state index contributed by atoms with van der Waals surface area (Å²) in [4.78, 5) is 31.9. The Morgan fingerprint density at radius 3 is 2.18 bits per heavy atom. The first-order valence-electron chi connectivity index (χ1n) is 10.2. The highest BCUT2D eigenvalue weighted by Crippen LogP contribution is 2.33. The van der Waals surface area contributed by atoms with Crippen LogP contribution in [0.2, 0.25) is 5.02 Å². The molecule has 1 aromatic heterocycles. The summed E-state index contributed by atoms with van der Waals surface area (Å²) >= 11 is 6.03. The minimum atomic E-state index is -4.52. The van der Waals surface area contributed by atoms with Crippen molar-refractivity contribution in [3.63, 3.8) is 0 Å². The van der Waals surface area contributed by atoms with E-state index >= 15 is 0 Å². The number of halogens is 4. The van der Waals surface area contributed by atoms with Gasteiger partial charge in [0.25, 0.3) is 5.91 Å². The first-order valence-corrected chi connectivity index (χ1v) is 10.6. The Labute approximate surface area is 194 Å². The maximum atomic E-state index is 12.8. The Kier molecular flexibility index (Phi) is 7.06. The molecule has 0 atom stereocenters. The van der Waals surface area contributed by atoms with E-state index in [0.29, 0.717) is 37.4 Å². The smallest absolute Gasteiger partial charge is 0.417 e. The quantitative estimate of drug-likeness (QED) is 0.659. The van der Waals surface area contributed by atoms with Crippen LogP contribution in [0.5, 0.6) is 0 Å². The summed E-state index contributed by atoms with van der Waals surface area (Å²) in [5.41, 5.74) is -0.588. The van der Waals surface area contributed by atoms with E-state index < -0.39 is 23.4 Å². The number of pyridine rings is 1. The monoisotopic (exact) mass is 484 g/mol. The van der Waals surface area contributed by atoms with Gasteiger partial charge in [0.1, 0.15) is 11.4 Å². The molecule has 0 saturated carbocycles. The van der Waals surface area contributed by atoms with Crippen molar-refractivity contribution in [1.82, 2.24) is 9.88 Å². The molecular formula is C22H24ClF3N4O3. The molecule has 2 heterocycles. The molecule has 0 spiro atoms. The van der Waals surface area contributed by atoms with Gasteiger partial charge in [-0.15, -0.1) is 0 Å². The largest absolute Gasteiger partial charge is 0.444 e. The number of carbonyl (C=O) groups is 2. The molecule has 2 amide bonds. The summed E-state index contributed by atoms with van der Waals surface area (Å²) in [6.07, 6.45) is -4.35. The second-order valence-electron chi connectivity index (χ2n) is 8.51. The van der Waals surface area contributed by atoms with Crippen molar-refractivity contribution in [2.24, 2.45) is 0 Å². The molecule has 1 aliphatic heterocycles. The number of piperazine rings is 1. The van der Waals surface area contributed by atoms with E-state index in [-0.39, 0.29) is 16.7 Å². The van der Waals surface area contributed by atoms with Gasteiger partial charge in [0, 0.05) is 43.6 Å². The Bertz CT molecular complexity index is 1020. The number of rotatable bonds is 3. The van der Waals surface area contributed by atoms with Crippen LogP contribution in [-0.2, 0) is 10.9 Å². The molecule has 33 heavy (non-hydrogen) atoms. The Hall–Kier alpha value is -3.01. The Morgan fingerprint density at radius 1 is 1.06 bits per heavy atom. The summed E-state index contributed by atoms with van der Waals surface area (Å²) in [7, 11) is 0. The number of carbonyl (C=O) groups excluding carboxylic acids is 2. The molecule has 1 aromatic carbocycles. The van der Waals surface area contributed by atoms with Crippen molar-refractivity contribution in [2.75, 3.05) is 36.4 Å². The molecule has 0 unspecified atom stereocenters. The molecule has 1 saturated heterocycles. The first-order chi connectivity index (χ1) is 15.3. The molecular weight excluding hydrogens is 461 g/mol. The highest BCUT2D eigenvalue weighted by molar-refractivity contribution is 6.33. The van der Waals surface area contributed by atoms with Gasteiger partial charge in [-0.1, -0.05) is 11.6 Å². The molecule has 7 nitrogen and oxygen atoms in total. The van der Waals surface area contributed by atoms with Crippen molar-refractivity contribution < 1.29 is 27.5 Å². The van der Waals surface area contributed by atoms with Crippen molar-refractivity contribution in [1.29, 1.82) is 0 Å². The van der Waals surface area contributed by atoms with Crippen LogP contribution in [0, 0.1) is 0 Å². The summed E-state index contributed by atoms with van der Waals surface area (Å²) in [5, 5.41) is 2.52. The second-order valence-corrected chi connectivity index (χ2v) is 8.92. The fourth-order valence-electron chi connectivity index (χ4n) is 3.24. The molecule has 0 aliphatic carbocycles. The number of amides is 2. The lowest BCUT2D eigenvalue weighted by Gasteiger charge is -2.35. The first kappa shape index (κ1) is 24.6. The van der Waals surface area contributed by atoms with Crippen LogP contribution in [-0.4, -0.2) is 53.7 Å². The predicted octanol–water partition coefficient (Wildman–Crippen LogP) is 5.06. The van der Waals surface area contributed by atoms with Crippen LogP contribution in [0.3, 0.4) is 0 Å². The summed E-state index contributed by atoms with van der Waals surface area (Å²) in [6, 6.07) is 7.29. The third kappa shape index (κ3) is 6.50. The maximum absolute atomic E-state index is 12.8. The van der Waals surface area contributed by atoms with E-state index in [4.69, 9.17) is 16.3 Å². The van der Waals surface area contributed by atoms with Gasteiger partial charge < -0.3 is 14.5 Å². The number of hydrogen-bond acceptors (Lipinski definition) is 5. The number of anilines is 2. The molecule has 1 fully saturated rings. The SMILES string of the molecule is CC(C)(C)OC(=O)Nc1ccc(C(=O)N2CCN(c3ncc(C(F)(F)F)cc3Cl)CC2)cc1. The Balaban J connectivity index is 1.58. The van der Waals surface area contributed by atoms with Gasteiger partial charge in [-0.25, -0.2) is 9.78 Å². The lowest BCUT2D eigenvalue weighted by atomic mass is 10.1. The van der Waals surface area contributed by atoms with Crippen LogP contribution in [0.1, 0.15) is 36.7 Å². The Morgan fingerprint density at radius 2 is 1.67 bits per heavy atom. The number of aromatic nitrogens is 1. The van der Waals surface area contributed by atoms with E-state index in [1.165, 1.54) is 0 Å². The maximum Gasteiger partial charge on any atom is 0.417 e. The number of ether oxygens (including phenoxy) is 1. The molecule has 11 heteroatoms. The minimum Gasteiger partial charge on any atom is -0.444 e. The number of benzene rings is 1. The normalized spacial score (nSPS) is 14.8. The summed E-state index contributed by atoms with van der Waals surface area (Å²) in [6.45, 7) is 6.75. The molecule has 2 aromatic rings. The third-order valence-electron chi connectivity index (χ3n) is 4.79. The minimum absolute atomic E-state index is 0.0855. The van der Waals surface area contributed by atoms with Crippen LogP contribution in [0.25, 0.3) is 0 Å². The average molecular weight is 485 g/mol. The highest BCUT2D eigenvalue weighted by Gasteiger charge is 2.32. The highest BCUT2D eigenvalue weighted by atomic mass is 35.5. The average Bonchev–Trinajstić information content (AvgIpc) is 2.72. The van der Waals surface area contributed by atoms with Crippen molar-refractivity contribution in [3.05, 3.63) is 52.7 Å². The molecule has 1 N–H and O–H groups in total. The van der Waals surface area contributed by atoms with E-state index in [0.717, 1.165) is 12.3 Å². The third-order valence-corrected chi connectivity index (χ3v) is 5.07. The predicted molar refractivity (Wildman–Crippen MR) is 119 cm³/mol. The summed E-state index contributed by atoms with van der Waals surface area (Å²) in [5.74, 6) is 0.0688. The van der Waals surface area contributed by atoms with Crippen LogP contribution in [0.4, 0.5) is 29.5 Å². The van der Waals surface area contributed by atoms with Gasteiger partial charge >= 0.3 is 12.3 Å². The van der Waals surface area contributed by atoms with Crippen LogP contribution < -0.4 is 10.2 Å². The molecule has 178 valence electrons. The lowest BCUT2D eigenvalue weighted by Crippen LogP contribution is -2.49. The van der Waals surface area contributed by atoms with E-state index in [1.54, 1.807) is 54.8 Å². The number of alkyl halides is 3. The fraction of sp³-hybridized carbons (Fsp3) is 0.409. The van der Waals surface area contributed by atoms with E-state index in [1.807, 2.05) is 0 Å². The molecule has 3 rings (SSSR count). The van der Waals surface area contributed by atoms with Crippen LogP contribution in [0.15, 0.2) is 36.5 Å². The number of hydrogen-bond donors (Lipinski definition) is 1. The van der Waals surface area contributed by atoms with E-state index in [9.17, 15) is 22.8 Å². The zero-order chi connectivity index (χ0) is 24.4. The number of nitrogens with one attached hydrogen (secondary N) is 1. The van der Waals surface area contributed by atoms with Gasteiger partial charge in [0.05, 0.1) is 10.6 Å². The van der Waals surface area contributed by atoms with Gasteiger partial charge in [-0.3, -0.25) is 10.1 Å². The lowest BCUT2D eigenvalue weighted by molar-refractivity contribution is -0.137. The van der Waals surface area contributed by atoms with E-state index in [2.05, 4.69) is 10.3 Å². The summed E-state index contributed by atoms with van der Waals surface area (Å²) < 4.78 is 43.6. The molecule has 1 aliphatic rings. The standard InChI is InChI=1S/C22H24ClF3N4O3/c1-21(2,3)33-20(32)28-16-6-4-14(5-7-16)19(31)30-10-8-29(9-11-30)18-17(23)12-15(13-27-18)22(24,25)26/h4-7,12-13H,8-11H2,1-3H3,(H,28,32). The van der Waals surface area contributed by atoms with Gasteiger partial charge in [-0.2, -0.15) is 13.2 Å². The molecule has 0 bridgehead atoms. The van der Waals surface area contributed by atoms with Crippen LogP contribution >= 0.6 is 11.6 Å². The van der Waals surface area contributed by atoms with Gasteiger partial charge in [0.15, 0.2) is 0 Å². The second kappa shape index (κ2) is 9.46. The topological polar surface area (TPSA) is 74.8 Å². The fourth-order valence-corrected chi connectivity index (χ4v) is 3.53. The zero-order valence-corrected chi connectivity index (χ0v) is 19.1. The zero-order valence-electron chi connectivity index (χ0n) is 18.4. The van der Waals surface area contributed by atoms with Crippen molar-refractivity contribution in [3.8, 4) is 0 Å². The van der Waals surface area contributed by atoms with Crippen molar-refractivity contribution in [2.45, 2.75) is 32.5 Å². The van der Waals surface area contributed by atoms with Gasteiger partial charge in [0.2, 0.25) is 0 Å². The van der Waals surface area contributed by atoms with Crippen molar-refractivity contribution >= 4 is 35.1 Å². The molecule has 0 radical (unpaired) electrons.